The quantitative estimate of drug-likeness (QED) is 0.824. The van der Waals surface area contributed by atoms with Gasteiger partial charge in [-0.15, -0.1) is 0 Å². The van der Waals surface area contributed by atoms with Gasteiger partial charge in [-0.3, -0.25) is 4.79 Å². The van der Waals surface area contributed by atoms with Crippen LogP contribution in [0.2, 0.25) is 0 Å². The molecule has 1 amide bonds. The summed E-state index contributed by atoms with van der Waals surface area (Å²) in [4.78, 5) is 16.1. The van der Waals surface area contributed by atoms with Crippen LogP contribution >= 0.6 is 0 Å². The zero-order valence-electron chi connectivity index (χ0n) is 12.2. The van der Waals surface area contributed by atoms with E-state index in [-0.39, 0.29) is 23.5 Å². The number of carbonyl (C=O) groups excluding carboxylic acids is 1. The normalized spacial score (nSPS) is 23.1. The van der Waals surface area contributed by atoms with Gasteiger partial charge in [-0.2, -0.15) is 0 Å². The Balaban J connectivity index is 1.65. The van der Waals surface area contributed by atoms with Gasteiger partial charge in [0, 0.05) is 25.3 Å². The molecule has 0 bridgehead atoms. The molecule has 6 heteroatoms. The number of sulfone groups is 1. The third-order valence-corrected chi connectivity index (χ3v) is 6.21. The summed E-state index contributed by atoms with van der Waals surface area (Å²) >= 11 is 0. The number of carbonyl (C=O) groups is 1. The molecule has 2 heterocycles. The summed E-state index contributed by atoms with van der Waals surface area (Å²) < 4.78 is 23.1. The van der Waals surface area contributed by atoms with Crippen molar-refractivity contribution >= 4 is 21.4 Å². The van der Waals surface area contributed by atoms with E-state index < -0.39 is 9.84 Å². The Morgan fingerprint density at radius 3 is 2.86 bits per heavy atom. The average molecular weight is 308 g/mol. The van der Waals surface area contributed by atoms with Gasteiger partial charge in [-0.05, 0) is 24.5 Å². The lowest BCUT2D eigenvalue weighted by atomic mass is 10.2. The average Bonchev–Trinajstić information content (AvgIpc) is 3.02. The van der Waals surface area contributed by atoms with Crippen LogP contribution in [0.25, 0.3) is 0 Å². The summed E-state index contributed by atoms with van der Waals surface area (Å²) in [6.45, 7) is 1.17. The number of nitrogens with zero attached hydrogens (tertiary/aromatic N) is 2. The second kappa shape index (κ2) is 5.33. The van der Waals surface area contributed by atoms with Crippen molar-refractivity contribution in [1.29, 1.82) is 0 Å². The molecule has 3 rings (SSSR count). The molecule has 0 spiro atoms. The fraction of sp³-hybridized carbons (Fsp3) is 0.533. The summed E-state index contributed by atoms with van der Waals surface area (Å²) in [5.74, 6) is 0.294. The van der Waals surface area contributed by atoms with E-state index in [1.165, 1.54) is 5.56 Å². The molecule has 1 unspecified atom stereocenters. The van der Waals surface area contributed by atoms with Crippen LogP contribution in [0.15, 0.2) is 24.3 Å². The van der Waals surface area contributed by atoms with Crippen LogP contribution in [0.3, 0.4) is 0 Å². The van der Waals surface area contributed by atoms with Crippen LogP contribution in [0.1, 0.15) is 12.0 Å². The highest BCUT2D eigenvalue weighted by atomic mass is 32.2. The first kappa shape index (κ1) is 14.4. The molecular formula is C15H20N2O3S. The summed E-state index contributed by atoms with van der Waals surface area (Å²) in [5.41, 5.74) is 2.40. The monoisotopic (exact) mass is 308 g/mol. The number of likely N-dealkylation sites (N-methyl/N-ethyl adjacent to an activating group) is 1. The Hall–Kier alpha value is -1.56. The van der Waals surface area contributed by atoms with Crippen molar-refractivity contribution in [3.05, 3.63) is 29.8 Å². The van der Waals surface area contributed by atoms with Crippen LogP contribution in [-0.2, 0) is 21.1 Å². The van der Waals surface area contributed by atoms with Crippen molar-refractivity contribution in [1.82, 2.24) is 4.90 Å². The Bertz CT molecular complexity index is 657. The van der Waals surface area contributed by atoms with Crippen molar-refractivity contribution in [2.45, 2.75) is 18.9 Å². The SMILES string of the molecule is CN(C(=O)CN1CCc2ccccc21)C1CCS(=O)(=O)C1. The minimum atomic E-state index is -2.96. The molecule has 5 nitrogen and oxygen atoms in total. The summed E-state index contributed by atoms with van der Waals surface area (Å²) in [7, 11) is -1.24. The predicted octanol–water partition coefficient (Wildman–Crippen LogP) is 0.695. The molecule has 2 aliphatic rings. The van der Waals surface area contributed by atoms with E-state index in [4.69, 9.17) is 0 Å². The standard InChI is InChI=1S/C15H20N2O3S/c1-16(13-7-9-21(19,20)11-13)15(18)10-17-8-6-12-4-2-3-5-14(12)17/h2-5,13H,6-11H2,1H3. The fourth-order valence-electron chi connectivity index (χ4n) is 3.13. The number of rotatable bonds is 3. The number of hydrogen-bond acceptors (Lipinski definition) is 4. The highest BCUT2D eigenvalue weighted by molar-refractivity contribution is 7.91. The number of fused-ring (bicyclic) bond motifs is 1. The molecule has 21 heavy (non-hydrogen) atoms. The molecule has 114 valence electrons. The first-order chi connectivity index (χ1) is 9.96. The molecule has 1 saturated heterocycles. The molecular weight excluding hydrogens is 288 g/mol. The van der Waals surface area contributed by atoms with Gasteiger partial charge >= 0.3 is 0 Å². The fourth-order valence-corrected chi connectivity index (χ4v) is 4.90. The highest BCUT2D eigenvalue weighted by Gasteiger charge is 2.33. The van der Waals surface area contributed by atoms with Gasteiger partial charge in [0.05, 0.1) is 18.1 Å². The first-order valence-corrected chi connectivity index (χ1v) is 9.07. The summed E-state index contributed by atoms with van der Waals surface area (Å²) in [6.07, 6.45) is 1.52. The maximum absolute atomic E-state index is 12.4. The number of para-hydroxylation sites is 1. The lowest BCUT2D eigenvalue weighted by Crippen LogP contribution is -2.43. The van der Waals surface area contributed by atoms with Crippen molar-refractivity contribution in [2.24, 2.45) is 0 Å². The third kappa shape index (κ3) is 2.90. The van der Waals surface area contributed by atoms with E-state index in [0.717, 1.165) is 18.7 Å². The largest absolute Gasteiger partial charge is 0.362 e. The highest BCUT2D eigenvalue weighted by Crippen LogP contribution is 2.27. The Kier molecular flexibility index (Phi) is 3.65. The zero-order chi connectivity index (χ0) is 15.0. The molecule has 0 N–H and O–H groups in total. The topological polar surface area (TPSA) is 57.7 Å². The molecule has 1 aromatic rings. The van der Waals surface area contributed by atoms with Gasteiger partial charge in [0.1, 0.15) is 0 Å². The predicted molar refractivity (Wildman–Crippen MR) is 82.2 cm³/mol. The Morgan fingerprint density at radius 2 is 2.14 bits per heavy atom. The maximum atomic E-state index is 12.4. The molecule has 1 fully saturated rings. The number of amides is 1. The Morgan fingerprint density at radius 1 is 1.38 bits per heavy atom. The second-order valence-electron chi connectivity index (χ2n) is 5.86. The van der Waals surface area contributed by atoms with Crippen molar-refractivity contribution in [3.8, 4) is 0 Å². The zero-order valence-corrected chi connectivity index (χ0v) is 13.0. The van der Waals surface area contributed by atoms with Crippen LogP contribution < -0.4 is 4.90 Å². The molecule has 1 atom stereocenters. The minimum Gasteiger partial charge on any atom is -0.362 e. The van der Waals surface area contributed by atoms with E-state index in [2.05, 4.69) is 11.0 Å². The first-order valence-electron chi connectivity index (χ1n) is 7.25. The van der Waals surface area contributed by atoms with Crippen LogP contribution in [0, 0.1) is 0 Å². The second-order valence-corrected chi connectivity index (χ2v) is 8.09. The van der Waals surface area contributed by atoms with E-state index in [1.807, 2.05) is 18.2 Å². The third-order valence-electron chi connectivity index (χ3n) is 4.46. The van der Waals surface area contributed by atoms with Gasteiger partial charge < -0.3 is 9.80 Å². The van der Waals surface area contributed by atoms with E-state index in [0.29, 0.717) is 13.0 Å². The van der Waals surface area contributed by atoms with Crippen molar-refractivity contribution in [2.75, 3.05) is 36.5 Å². The lowest BCUT2D eigenvalue weighted by Gasteiger charge is -2.27. The van der Waals surface area contributed by atoms with E-state index in [9.17, 15) is 13.2 Å². The number of benzene rings is 1. The van der Waals surface area contributed by atoms with Gasteiger partial charge in [0.2, 0.25) is 5.91 Å². The minimum absolute atomic E-state index is 0.00574. The van der Waals surface area contributed by atoms with Crippen molar-refractivity contribution < 1.29 is 13.2 Å². The van der Waals surface area contributed by atoms with E-state index in [1.54, 1.807) is 11.9 Å². The number of anilines is 1. The molecule has 2 aliphatic heterocycles. The van der Waals surface area contributed by atoms with Gasteiger partial charge in [0.25, 0.3) is 0 Å². The molecule has 1 aromatic carbocycles. The molecule has 0 radical (unpaired) electrons. The van der Waals surface area contributed by atoms with Gasteiger partial charge in [0.15, 0.2) is 9.84 Å². The number of hydrogen-bond donors (Lipinski definition) is 0. The van der Waals surface area contributed by atoms with Gasteiger partial charge in [-0.25, -0.2) is 8.42 Å². The summed E-state index contributed by atoms with van der Waals surface area (Å²) in [5, 5.41) is 0. The molecule has 0 saturated carbocycles. The van der Waals surface area contributed by atoms with Crippen LogP contribution in [0.5, 0.6) is 0 Å². The lowest BCUT2D eigenvalue weighted by molar-refractivity contribution is -0.130. The van der Waals surface area contributed by atoms with Crippen LogP contribution in [0.4, 0.5) is 5.69 Å². The van der Waals surface area contributed by atoms with Gasteiger partial charge in [-0.1, -0.05) is 18.2 Å². The van der Waals surface area contributed by atoms with Crippen molar-refractivity contribution in [3.63, 3.8) is 0 Å². The maximum Gasteiger partial charge on any atom is 0.242 e. The summed E-state index contributed by atoms with van der Waals surface area (Å²) in [6, 6.07) is 7.96. The van der Waals surface area contributed by atoms with Crippen LogP contribution in [-0.4, -0.2) is 56.9 Å². The Labute approximate surface area is 125 Å². The van der Waals surface area contributed by atoms with E-state index >= 15 is 0 Å². The molecule has 0 aliphatic carbocycles. The molecule has 0 aromatic heterocycles. The smallest absolute Gasteiger partial charge is 0.242 e.